The van der Waals surface area contributed by atoms with Crippen LogP contribution >= 0.6 is 11.3 Å². The molecule has 7 heteroatoms. The number of rotatable bonds is 8. The van der Waals surface area contributed by atoms with E-state index in [4.69, 9.17) is 9.47 Å². The molecule has 156 valence electrons. The van der Waals surface area contributed by atoms with Gasteiger partial charge < -0.3 is 25.0 Å². The third kappa shape index (κ3) is 5.87. The van der Waals surface area contributed by atoms with E-state index in [1.165, 1.54) is 17.7 Å². The van der Waals surface area contributed by atoms with Gasteiger partial charge in [-0.25, -0.2) is 4.79 Å². The van der Waals surface area contributed by atoms with Crippen LogP contribution in [0, 0.1) is 0 Å². The Morgan fingerprint density at radius 3 is 2.76 bits per heavy atom. The highest BCUT2D eigenvalue weighted by atomic mass is 32.1. The van der Waals surface area contributed by atoms with Crippen LogP contribution in [0.3, 0.4) is 0 Å². The second kappa shape index (κ2) is 9.98. The summed E-state index contributed by atoms with van der Waals surface area (Å²) in [7, 11) is 0. The first-order chi connectivity index (χ1) is 14.3. The Bertz CT molecular complexity index is 791. The van der Waals surface area contributed by atoms with Crippen molar-refractivity contribution in [1.29, 1.82) is 0 Å². The van der Waals surface area contributed by atoms with Crippen LogP contribution in [-0.4, -0.2) is 56.4 Å². The summed E-state index contributed by atoms with van der Waals surface area (Å²) in [6, 6.07) is 10.2. The molecule has 0 aliphatic carbocycles. The second-order valence-corrected chi connectivity index (χ2v) is 8.65. The molecule has 0 bridgehead atoms. The van der Waals surface area contributed by atoms with E-state index >= 15 is 0 Å². The number of nitrogens with zero attached hydrogens (tertiary/aromatic N) is 1. The van der Waals surface area contributed by atoms with Crippen molar-refractivity contribution in [2.75, 3.05) is 39.4 Å². The summed E-state index contributed by atoms with van der Waals surface area (Å²) in [5.74, 6) is 1.60. The van der Waals surface area contributed by atoms with Gasteiger partial charge in [0.15, 0.2) is 11.5 Å². The van der Waals surface area contributed by atoms with Crippen molar-refractivity contribution in [3.05, 3.63) is 46.2 Å². The zero-order valence-corrected chi connectivity index (χ0v) is 17.5. The molecule has 1 saturated heterocycles. The summed E-state index contributed by atoms with van der Waals surface area (Å²) in [6.07, 6.45) is 4.11. The molecule has 2 aliphatic rings. The van der Waals surface area contributed by atoms with Gasteiger partial charge in [-0.05, 0) is 67.9 Å². The van der Waals surface area contributed by atoms with E-state index in [2.05, 4.69) is 33.0 Å². The second-order valence-electron chi connectivity index (χ2n) is 7.62. The fourth-order valence-electron chi connectivity index (χ4n) is 3.93. The van der Waals surface area contributed by atoms with E-state index in [-0.39, 0.29) is 12.1 Å². The molecule has 2 amide bonds. The van der Waals surface area contributed by atoms with Crippen LogP contribution in [0.5, 0.6) is 11.5 Å². The highest BCUT2D eigenvalue weighted by Gasteiger charge is 2.21. The number of benzene rings is 1. The van der Waals surface area contributed by atoms with Gasteiger partial charge in [-0.3, -0.25) is 0 Å². The standard InChI is InChI=1S/C22H29N3O3S/c26-22(23-8-7-19-4-3-13-29-19)24-18(16-25-9-1-2-10-25)14-17-5-6-20-21(15-17)28-12-11-27-20/h3-6,13,15,18H,1-2,7-12,14,16H2,(H2,23,24,26)/t18-/m0/s1. The van der Waals surface area contributed by atoms with Crippen molar-refractivity contribution in [3.8, 4) is 11.5 Å². The normalized spacial score (nSPS) is 17.1. The Morgan fingerprint density at radius 1 is 1.14 bits per heavy atom. The van der Waals surface area contributed by atoms with Crippen LogP contribution in [0.15, 0.2) is 35.7 Å². The van der Waals surface area contributed by atoms with Crippen LogP contribution in [0.1, 0.15) is 23.3 Å². The van der Waals surface area contributed by atoms with E-state index in [1.807, 2.05) is 18.2 Å². The van der Waals surface area contributed by atoms with E-state index in [9.17, 15) is 4.79 Å². The number of fused-ring (bicyclic) bond motifs is 1. The molecule has 29 heavy (non-hydrogen) atoms. The molecule has 0 unspecified atom stereocenters. The van der Waals surface area contributed by atoms with Crippen LogP contribution in [0.2, 0.25) is 0 Å². The van der Waals surface area contributed by atoms with Gasteiger partial charge >= 0.3 is 6.03 Å². The Labute approximate surface area is 176 Å². The van der Waals surface area contributed by atoms with Crippen LogP contribution < -0.4 is 20.1 Å². The molecule has 6 nitrogen and oxygen atoms in total. The fourth-order valence-corrected chi connectivity index (χ4v) is 4.64. The number of carbonyl (C=O) groups excluding carboxylic acids is 1. The van der Waals surface area contributed by atoms with E-state index < -0.39 is 0 Å². The van der Waals surface area contributed by atoms with E-state index in [1.54, 1.807) is 11.3 Å². The van der Waals surface area contributed by atoms with Crippen molar-refractivity contribution in [1.82, 2.24) is 15.5 Å². The maximum atomic E-state index is 12.5. The number of thiophene rings is 1. The first kappa shape index (κ1) is 20.0. The summed E-state index contributed by atoms with van der Waals surface area (Å²) in [6.45, 7) is 4.91. The largest absolute Gasteiger partial charge is 0.486 e. The van der Waals surface area contributed by atoms with Crippen molar-refractivity contribution in [2.24, 2.45) is 0 Å². The molecular formula is C22H29N3O3S. The average molecular weight is 416 g/mol. The van der Waals surface area contributed by atoms with Gasteiger partial charge in [0.05, 0.1) is 0 Å². The Morgan fingerprint density at radius 2 is 1.97 bits per heavy atom. The molecule has 0 spiro atoms. The number of ether oxygens (including phenoxy) is 2. The molecule has 1 aromatic heterocycles. The highest BCUT2D eigenvalue weighted by molar-refractivity contribution is 7.09. The van der Waals surface area contributed by atoms with Crippen molar-refractivity contribution >= 4 is 17.4 Å². The van der Waals surface area contributed by atoms with Gasteiger partial charge in [0.25, 0.3) is 0 Å². The zero-order chi connectivity index (χ0) is 19.9. The van der Waals surface area contributed by atoms with Gasteiger partial charge in [-0.2, -0.15) is 0 Å². The number of hydrogen-bond donors (Lipinski definition) is 2. The minimum Gasteiger partial charge on any atom is -0.486 e. The smallest absolute Gasteiger partial charge is 0.315 e. The summed E-state index contributed by atoms with van der Waals surface area (Å²) in [5, 5.41) is 8.26. The molecule has 3 heterocycles. The Balaban J connectivity index is 1.34. The summed E-state index contributed by atoms with van der Waals surface area (Å²) < 4.78 is 11.3. The summed E-state index contributed by atoms with van der Waals surface area (Å²) in [4.78, 5) is 16.2. The topological polar surface area (TPSA) is 62.8 Å². The number of urea groups is 1. The lowest BCUT2D eigenvalue weighted by molar-refractivity contribution is 0.171. The lowest BCUT2D eigenvalue weighted by Crippen LogP contribution is -2.48. The number of amides is 2. The quantitative estimate of drug-likeness (QED) is 0.696. The minimum atomic E-state index is -0.0942. The van der Waals surface area contributed by atoms with Crippen LogP contribution in [0.4, 0.5) is 4.79 Å². The third-order valence-electron chi connectivity index (χ3n) is 5.34. The van der Waals surface area contributed by atoms with Crippen LogP contribution in [-0.2, 0) is 12.8 Å². The maximum absolute atomic E-state index is 12.5. The molecule has 0 radical (unpaired) electrons. The van der Waals surface area contributed by atoms with Gasteiger partial charge in [0.1, 0.15) is 13.2 Å². The number of carbonyl (C=O) groups is 1. The van der Waals surface area contributed by atoms with Gasteiger partial charge in [0.2, 0.25) is 0 Å². The lowest BCUT2D eigenvalue weighted by Gasteiger charge is -2.25. The number of nitrogens with one attached hydrogen (secondary N) is 2. The molecule has 1 atom stereocenters. The monoisotopic (exact) mass is 415 g/mol. The fraction of sp³-hybridized carbons (Fsp3) is 0.500. The van der Waals surface area contributed by atoms with Gasteiger partial charge in [-0.15, -0.1) is 11.3 Å². The third-order valence-corrected chi connectivity index (χ3v) is 6.27. The molecule has 0 saturated carbocycles. The summed E-state index contributed by atoms with van der Waals surface area (Å²) >= 11 is 1.72. The number of likely N-dealkylation sites (tertiary alicyclic amines) is 1. The SMILES string of the molecule is O=C(NCCc1cccs1)N[C@@H](Cc1ccc2c(c1)OCCO2)CN1CCCC1. The molecule has 2 aromatic rings. The predicted octanol–water partition coefficient (Wildman–Crippen LogP) is 3.07. The lowest BCUT2D eigenvalue weighted by atomic mass is 10.0. The highest BCUT2D eigenvalue weighted by Crippen LogP contribution is 2.31. The van der Waals surface area contributed by atoms with Crippen molar-refractivity contribution < 1.29 is 14.3 Å². The van der Waals surface area contributed by atoms with Gasteiger partial charge in [-0.1, -0.05) is 12.1 Å². The van der Waals surface area contributed by atoms with Crippen LogP contribution in [0.25, 0.3) is 0 Å². The Hall–Kier alpha value is -2.25. The first-order valence-electron chi connectivity index (χ1n) is 10.4. The average Bonchev–Trinajstić information content (AvgIpc) is 3.42. The summed E-state index contributed by atoms with van der Waals surface area (Å²) in [5.41, 5.74) is 1.15. The van der Waals surface area contributed by atoms with Crippen molar-refractivity contribution in [2.45, 2.75) is 31.7 Å². The molecule has 1 fully saturated rings. The van der Waals surface area contributed by atoms with Gasteiger partial charge in [0, 0.05) is 24.0 Å². The minimum absolute atomic E-state index is 0.0531. The Kier molecular flexibility index (Phi) is 6.90. The van der Waals surface area contributed by atoms with Crippen molar-refractivity contribution in [3.63, 3.8) is 0 Å². The molecule has 2 aliphatic heterocycles. The van der Waals surface area contributed by atoms with E-state index in [0.29, 0.717) is 19.8 Å². The number of hydrogen-bond acceptors (Lipinski definition) is 5. The maximum Gasteiger partial charge on any atom is 0.315 e. The molecular weight excluding hydrogens is 386 g/mol. The first-order valence-corrected chi connectivity index (χ1v) is 11.3. The predicted molar refractivity (Wildman–Crippen MR) is 115 cm³/mol. The van der Waals surface area contributed by atoms with E-state index in [0.717, 1.165) is 49.5 Å². The molecule has 4 rings (SSSR count). The molecule has 1 aromatic carbocycles. The molecule has 2 N–H and O–H groups in total. The zero-order valence-electron chi connectivity index (χ0n) is 16.7.